The number of nitrogens with zero attached hydrogens (tertiary/aromatic N) is 1. The largest absolute Gasteiger partial charge is 0.494 e. The first-order valence-corrected chi connectivity index (χ1v) is 6.33. The molecule has 0 N–H and O–H groups in total. The maximum Gasteiger partial charge on any atom is 0.119 e. The van der Waals surface area contributed by atoms with Crippen molar-refractivity contribution in [2.24, 2.45) is 5.41 Å². The van der Waals surface area contributed by atoms with E-state index in [1.54, 1.807) is 0 Å². The number of halogens is 1. The Morgan fingerprint density at radius 1 is 1.31 bits per heavy atom. The van der Waals surface area contributed by atoms with E-state index in [-0.39, 0.29) is 5.41 Å². The molecule has 0 aromatic heterocycles. The van der Waals surface area contributed by atoms with E-state index in [2.05, 4.69) is 22.0 Å². The molecule has 0 spiro atoms. The fourth-order valence-electron chi connectivity index (χ4n) is 1.92. The topological polar surface area (TPSA) is 33.0 Å². The van der Waals surface area contributed by atoms with Gasteiger partial charge in [0.15, 0.2) is 0 Å². The smallest absolute Gasteiger partial charge is 0.119 e. The van der Waals surface area contributed by atoms with E-state index >= 15 is 0 Å². The van der Waals surface area contributed by atoms with Gasteiger partial charge >= 0.3 is 0 Å². The zero-order valence-electron chi connectivity index (χ0n) is 9.08. The number of ether oxygens (including phenoxy) is 1. The zero-order valence-corrected chi connectivity index (χ0v) is 10.7. The maximum atomic E-state index is 9.06. The second-order valence-electron chi connectivity index (χ2n) is 4.30. The highest BCUT2D eigenvalue weighted by molar-refractivity contribution is 9.10. The molecule has 84 valence electrons. The summed E-state index contributed by atoms with van der Waals surface area (Å²) in [5.41, 5.74) is -0.0879. The van der Waals surface area contributed by atoms with E-state index in [9.17, 15) is 0 Å². The van der Waals surface area contributed by atoms with Crippen molar-refractivity contribution >= 4 is 15.9 Å². The molecule has 1 aromatic rings. The average Bonchev–Trinajstić information content (AvgIpc) is 2.25. The van der Waals surface area contributed by atoms with Crippen LogP contribution in [0.4, 0.5) is 0 Å². The molecule has 0 heterocycles. The Balaban J connectivity index is 1.80. The minimum absolute atomic E-state index is 0.0879. The highest BCUT2D eigenvalue weighted by Gasteiger charge is 2.36. The van der Waals surface area contributed by atoms with Crippen molar-refractivity contribution < 1.29 is 4.74 Å². The molecule has 1 fully saturated rings. The van der Waals surface area contributed by atoms with Crippen LogP contribution in [0.25, 0.3) is 0 Å². The lowest BCUT2D eigenvalue weighted by Crippen LogP contribution is -2.29. The highest BCUT2D eigenvalue weighted by Crippen LogP contribution is 2.43. The number of hydrogen-bond acceptors (Lipinski definition) is 2. The molecule has 0 amide bonds. The molecule has 0 bridgehead atoms. The normalized spacial score (nSPS) is 17.2. The van der Waals surface area contributed by atoms with E-state index in [0.717, 1.165) is 29.5 Å². The Bertz CT molecular complexity index is 389. The SMILES string of the molecule is N#CC1(CCOc2ccc(Br)cc2)CCC1. The molecular formula is C13H14BrNO. The van der Waals surface area contributed by atoms with Gasteiger partial charge in [-0.05, 0) is 37.1 Å². The molecule has 16 heavy (non-hydrogen) atoms. The van der Waals surface area contributed by atoms with E-state index in [1.165, 1.54) is 6.42 Å². The van der Waals surface area contributed by atoms with Gasteiger partial charge in [0.05, 0.1) is 18.1 Å². The Morgan fingerprint density at radius 2 is 2.00 bits per heavy atom. The van der Waals surface area contributed by atoms with Crippen molar-refractivity contribution in [1.82, 2.24) is 0 Å². The van der Waals surface area contributed by atoms with Crippen molar-refractivity contribution in [3.8, 4) is 11.8 Å². The Hall–Kier alpha value is -1.01. The molecule has 0 radical (unpaired) electrons. The summed E-state index contributed by atoms with van der Waals surface area (Å²) in [6.45, 7) is 0.634. The number of nitriles is 1. The molecule has 3 heteroatoms. The summed E-state index contributed by atoms with van der Waals surface area (Å²) in [7, 11) is 0. The van der Waals surface area contributed by atoms with Crippen LogP contribution in [0.2, 0.25) is 0 Å². The van der Waals surface area contributed by atoms with Crippen LogP contribution in [-0.2, 0) is 0 Å². The van der Waals surface area contributed by atoms with Gasteiger partial charge in [-0.1, -0.05) is 22.4 Å². The van der Waals surface area contributed by atoms with Crippen LogP contribution < -0.4 is 4.74 Å². The van der Waals surface area contributed by atoms with Gasteiger partial charge in [0.1, 0.15) is 5.75 Å². The first kappa shape index (κ1) is 11.5. The minimum Gasteiger partial charge on any atom is -0.494 e. The minimum atomic E-state index is -0.0879. The Kier molecular flexibility index (Phi) is 3.50. The number of hydrogen-bond donors (Lipinski definition) is 0. The maximum absolute atomic E-state index is 9.06. The van der Waals surface area contributed by atoms with Gasteiger partial charge in [-0.2, -0.15) is 5.26 Å². The monoisotopic (exact) mass is 279 g/mol. The Morgan fingerprint density at radius 3 is 2.50 bits per heavy atom. The second-order valence-corrected chi connectivity index (χ2v) is 5.21. The van der Waals surface area contributed by atoms with Crippen molar-refractivity contribution in [3.05, 3.63) is 28.7 Å². The van der Waals surface area contributed by atoms with Crippen LogP contribution in [0.15, 0.2) is 28.7 Å². The molecule has 0 unspecified atom stereocenters. The summed E-state index contributed by atoms with van der Waals surface area (Å²) in [5, 5.41) is 9.06. The van der Waals surface area contributed by atoms with Crippen LogP contribution in [0.5, 0.6) is 5.75 Å². The summed E-state index contributed by atoms with van der Waals surface area (Å²) >= 11 is 3.38. The molecule has 1 saturated carbocycles. The van der Waals surface area contributed by atoms with Crippen molar-refractivity contribution in [3.63, 3.8) is 0 Å². The van der Waals surface area contributed by atoms with Crippen molar-refractivity contribution in [2.45, 2.75) is 25.7 Å². The summed E-state index contributed by atoms with van der Waals surface area (Å²) in [5.74, 6) is 0.871. The van der Waals surface area contributed by atoms with Crippen LogP contribution in [0, 0.1) is 16.7 Å². The first-order chi connectivity index (χ1) is 7.74. The number of benzene rings is 1. The standard InChI is InChI=1S/C13H14BrNO/c14-11-2-4-12(5-3-11)16-9-8-13(10-15)6-1-7-13/h2-5H,1,6-9H2. The average molecular weight is 280 g/mol. The number of rotatable bonds is 4. The van der Waals surface area contributed by atoms with Gasteiger partial charge in [0.25, 0.3) is 0 Å². The molecule has 0 aliphatic heterocycles. The van der Waals surface area contributed by atoms with Crippen LogP contribution >= 0.6 is 15.9 Å². The second kappa shape index (κ2) is 4.88. The van der Waals surface area contributed by atoms with E-state index < -0.39 is 0 Å². The van der Waals surface area contributed by atoms with Crippen molar-refractivity contribution in [1.29, 1.82) is 5.26 Å². The quantitative estimate of drug-likeness (QED) is 0.837. The van der Waals surface area contributed by atoms with E-state index in [0.29, 0.717) is 6.61 Å². The predicted octanol–water partition coefficient (Wildman–Crippen LogP) is 3.91. The van der Waals surface area contributed by atoms with Crippen LogP contribution in [0.3, 0.4) is 0 Å². The molecule has 0 atom stereocenters. The summed E-state index contributed by atoms with van der Waals surface area (Å²) in [6, 6.07) is 10.2. The molecule has 0 saturated heterocycles. The first-order valence-electron chi connectivity index (χ1n) is 5.54. The molecule has 2 rings (SSSR count). The molecule has 1 aromatic carbocycles. The fraction of sp³-hybridized carbons (Fsp3) is 0.462. The molecule has 2 nitrogen and oxygen atoms in total. The summed E-state index contributed by atoms with van der Waals surface area (Å²) in [6.07, 6.45) is 4.10. The van der Waals surface area contributed by atoms with Crippen LogP contribution in [-0.4, -0.2) is 6.61 Å². The van der Waals surface area contributed by atoms with Crippen molar-refractivity contribution in [2.75, 3.05) is 6.61 Å². The third kappa shape index (κ3) is 2.56. The van der Waals surface area contributed by atoms with Gasteiger partial charge in [0, 0.05) is 10.9 Å². The molecule has 1 aliphatic rings. The molecule has 1 aliphatic carbocycles. The van der Waals surface area contributed by atoms with Gasteiger partial charge < -0.3 is 4.74 Å². The van der Waals surface area contributed by atoms with E-state index in [1.807, 2.05) is 24.3 Å². The summed E-state index contributed by atoms with van der Waals surface area (Å²) in [4.78, 5) is 0. The predicted molar refractivity (Wildman–Crippen MR) is 66.2 cm³/mol. The van der Waals surface area contributed by atoms with Gasteiger partial charge in [0.2, 0.25) is 0 Å². The molecular weight excluding hydrogens is 266 g/mol. The third-order valence-corrected chi connectivity index (χ3v) is 3.74. The van der Waals surface area contributed by atoms with Crippen LogP contribution in [0.1, 0.15) is 25.7 Å². The lowest BCUT2D eigenvalue weighted by atomic mass is 9.68. The highest BCUT2D eigenvalue weighted by atomic mass is 79.9. The third-order valence-electron chi connectivity index (χ3n) is 3.21. The summed E-state index contributed by atoms with van der Waals surface area (Å²) < 4.78 is 6.67. The fourth-order valence-corrected chi connectivity index (χ4v) is 2.18. The van der Waals surface area contributed by atoms with E-state index in [4.69, 9.17) is 10.00 Å². The Labute approximate surface area is 104 Å². The van der Waals surface area contributed by atoms with Gasteiger partial charge in [-0.25, -0.2) is 0 Å². The lowest BCUT2D eigenvalue weighted by Gasteiger charge is -2.34. The lowest BCUT2D eigenvalue weighted by molar-refractivity contribution is 0.156. The van der Waals surface area contributed by atoms with Gasteiger partial charge in [-0.15, -0.1) is 0 Å². The zero-order chi connectivity index (χ0) is 11.4. The van der Waals surface area contributed by atoms with Gasteiger partial charge in [-0.3, -0.25) is 0 Å².